The van der Waals surface area contributed by atoms with E-state index in [9.17, 15) is 4.79 Å². The molecule has 0 saturated carbocycles. The van der Waals surface area contributed by atoms with Gasteiger partial charge in [0.2, 0.25) is 0 Å². The van der Waals surface area contributed by atoms with Crippen molar-refractivity contribution in [1.82, 2.24) is 9.97 Å². The summed E-state index contributed by atoms with van der Waals surface area (Å²) in [4.78, 5) is 23.8. The number of nitrogens with one attached hydrogen (secondary N) is 1. The van der Waals surface area contributed by atoms with Gasteiger partial charge in [-0.25, -0.2) is 14.8 Å². The van der Waals surface area contributed by atoms with Crippen molar-refractivity contribution >= 4 is 39.2 Å². The fourth-order valence-electron chi connectivity index (χ4n) is 4.55. The van der Waals surface area contributed by atoms with Crippen LogP contribution in [0.3, 0.4) is 0 Å². The largest absolute Gasteiger partial charge is 0.475 e. The molecule has 0 fully saturated rings. The van der Waals surface area contributed by atoms with Crippen molar-refractivity contribution in [2.75, 3.05) is 18.5 Å². The highest BCUT2D eigenvalue weighted by Crippen LogP contribution is 2.41. The van der Waals surface area contributed by atoms with E-state index in [1.165, 1.54) is 4.88 Å². The Labute approximate surface area is 198 Å². The normalized spacial score (nSPS) is 17.5. The van der Waals surface area contributed by atoms with Crippen LogP contribution >= 0.6 is 11.3 Å². The lowest BCUT2D eigenvalue weighted by Crippen LogP contribution is -2.15. The van der Waals surface area contributed by atoms with Crippen LogP contribution in [-0.4, -0.2) is 29.2 Å². The van der Waals surface area contributed by atoms with Crippen LogP contribution in [0.1, 0.15) is 59.8 Å². The number of fused-ring (bicyclic) bond motifs is 2. The number of benzene rings is 1. The van der Waals surface area contributed by atoms with Gasteiger partial charge in [0.05, 0.1) is 29.8 Å². The van der Waals surface area contributed by atoms with Gasteiger partial charge in [-0.2, -0.15) is 0 Å². The number of thiophene rings is 1. The Bertz CT molecular complexity index is 1190. The standard InChI is InChI=1S/C26H29N3O3S/c1-2-31-26(30)22-18-12-6-9-15-21(18)33-25(22)29-23-24(32-16-17-10-4-3-5-11-17)28-20-14-8-7-13-19(20)27-23/h3-4,7-8,13-14,17H,2,5-6,9-12,15-16H2,1H3,(H,27,29)/t17-/m1/s1. The van der Waals surface area contributed by atoms with E-state index in [2.05, 4.69) is 17.5 Å². The van der Waals surface area contributed by atoms with Crippen molar-refractivity contribution < 1.29 is 14.3 Å². The summed E-state index contributed by atoms with van der Waals surface area (Å²) < 4.78 is 11.6. The summed E-state index contributed by atoms with van der Waals surface area (Å²) in [5, 5.41) is 4.20. The summed E-state index contributed by atoms with van der Waals surface area (Å²) in [5.74, 6) is 1.22. The molecule has 2 aromatic heterocycles. The van der Waals surface area contributed by atoms with Gasteiger partial charge in [0.15, 0.2) is 5.82 Å². The van der Waals surface area contributed by atoms with E-state index in [4.69, 9.17) is 19.4 Å². The molecule has 1 atom stereocenters. The molecule has 2 heterocycles. The maximum absolute atomic E-state index is 12.9. The van der Waals surface area contributed by atoms with E-state index in [-0.39, 0.29) is 5.97 Å². The number of rotatable bonds is 7. The zero-order chi connectivity index (χ0) is 22.6. The molecule has 0 aliphatic heterocycles. The Morgan fingerprint density at radius 3 is 2.76 bits per heavy atom. The summed E-state index contributed by atoms with van der Waals surface area (Å²) in [6.45, 7) is 2.78. The van der Waals surface area contributed by atoms with Gasteiger partial charge >= 0.3 is 5.97 Å². The number of para-hydroxylation sites is 2. The second-order valence-electron chi connectivity index (χ2n) is 8.59. The van der Waals surface area contributed by atoms with E-state index in [0.717, 1.165) is 66.5 Å². The Morgan fingerprint density at radius 2 is 1.97 bits per heavy atom. The van der Waals surface area contributed by atoms with Crippen LogP contribution in [0.2, 0.25) is 0 Å². The zero-order valence-corrected chi connectivity index (χ0v) is 19.7. The molecule has 33 heavy (non-hydrogen) atoms. The molecule has 1 N–H and O–H groups in total. The monoisotopic (exact) mass is 463 g/mol. The first kappa shape index (κ1) is 21.9. The lowest BCUT2D eigenvalue weighted by atomic mass is 9.95. The van der Waals surface area contributed by atoms with Crippen LogP contribution in [0, 0.1) is 5.92 Å². The van der Waals surface area contributed by atoms with Crippen LogP contribution in [0.15, 0.2) is 36.4 Å². The number of carbonyl (C=O) groups is 1. The molecule has 5 rings (SSSR count). The van der Waals surface area contributed by atoms with E-state index >= 15 is 0 Å². The minimum absolute atomic E-state index is 0.274. The highest BCUT2D eigenvalue weighted by atomic mass is 32.1. The number of esters is 1. The summed E-state index contributed by atoms with van der Waals surface area (Å²) >= 11 is 1.63. The number of hydrogen-bond acceptors (Lipinski definition) is 7. The van der Waals surface area contributed by atoms with Gasteiger partial charge in [-0.1, -0.05) is 24.3 Å². The molecule has 3 aromatic rings. The SMILES string of the molecule is CCOC(=O)c1c(Nc2nc3ccccc3nc2OC[C@@H]2CC=CCC2)sc2c1CCCC2. The Balaban J connectivity index is 1.50. The van der Waals surface area contributed by atoms with Crippen LogP contribution in [0.5, 0.6) is 5.88 Å². The van der Waals surface area contributed by atoms with Crippen molar-refractivity contribution in [2.45, 2.75) is 51.9 Å². The Kier molecular flexibility index (Phi) is 6.58. The average molecular weight is 464 g/mol. The molecular formula is C26H29N3O3S. The Morgan fingerprint density at radius 1 is 1.15 bits per heavy atom. The third-order valence-electron chi connectivity index (χ3n) is 6.25. The van der Waals surface area contributed by atoms with Crippen molar-refractivity contribution in [2.24, 2.45) is 5.92 Å². The average Bonchev–Trinajstić information content (AvgIpc) is 3.21. The molecule has 172 valence electrons. The number of aromatic nitrogens is 2. The van der Waals surface area contributed by atoms with Crippen LogP contribution in [0.25, 0.3) is 11.0 Å². The minimum atomic E-state index is -0.274. The number of allylic oxidation sites excluding steroid dienone is 2. The lowest BCUT2D eigenvalue weighted by Gasteiger charge is -2.19. The van der Waals surface area contributed by atoms with Crippen molar-refractivity contribution in [3.05, 3.63) is 52.4 Å². The summed E-state index contributed by atoms with van der Waals surface area (Å²) in [6, 6.07) is 7.78. The summed E-state index contributed by atoms with van der Waals surface area (Å²) in [6.07, 6.45) is 11.8. The number of nitrogens with zero attached hydrogens (tertiary/aromatic N) is 2. The van der Waals surface area contributed by atoms with Gasteiger partial charge in [0.1, 0.15) is 5.00 Å². The maximum atomic E-state index is 12.9. The number of aryl methyl sites for hydroxylation is 1. The molecule has 0 amide bonds. The van der Waals surface area contributed by atoms with E-state index in [1.54, 1.807) is 11.3 Å². The fraction of sp³-hybridized carbons (Fsp3) is 0.423. The molecule has 0 radical (unpaired) electrons. The molecule has 6 nitrogen and oxygen atoms in total. The van der Waals surface area contributed by atoms with Crippen molar-refractivity contribution in [3.63, 3.8) is 0 Å². The second-order valence-corrected chi connectivity index (χ2v) is 9.69. The molecule has 0 bridgehead atoms. The molecule has 0 unspecified atom stereocenters. The smallest absolute Gasteiger partial charge is 0.341 e. The van der Waals surface area contributed by atoms with Gasteiger partial charge < -0.3 is 14.8 Å². The quantitative estimate of drug-likeness (QED) is 0.331. The molecule has 2 aliphatic rings. The van der Waals surface area contributed by atoms with Crippen LogP contribution in [0.4, 0.5) is 10.8 Å². The van der Waals surface area contributed by atoms with E-state index in [0.29, 0.717) is 36.4 Å². The zero-order valence-electron chi connectivity index (χ0n) is 18.9. The number of ether oxygens (including phenoxy) is 2. The molecular weight excluding hydrogens is 434 g/mol. The molecule has 0 spiro atoms. The minimum Gasteiger partial charge on any atom is -0.475 e. The third-order valence-corrected chi connectivity index (χ3v) is 7.46. The molecule has 0 saturated heterocycles. The van der Waals surface area contributed by atoms with Gasteiger partial charge in [0, 0.05) is 4.88 Å². The lowest BCUT2D eigenvalue weighted by molar-refractivity contribution is 0.0526. The van der Waals surface area contributed by atoms with Gasteiger partial charge in [-0.15, -0.1) is 11.3 Å². The van der Waals surface area contributed by atoms with Gasteiger partial charge in [-0.3, -0.25) is 0 Å². The second kappa shape index (κ2) is 9.91. The molecule has 7 heteroatoms. The predicted octanol–water partition coefficient (Wildman–Crippen LogP) is 6.23. The van der Waals surface area contributed by atoms with Gasteiger partial charge in [-0.05, 0) is 75.5 Å². The highest BCUT2D eigenvalue weighted by molar-refractivity contribution is 7.16. The van der Waals surface area contributed by atoms with Crippen LogP contribution in [-0.2, 0) is 17.6 Å². The van der Waals surface area contributed by atoms with E-state index < -0.39 is 0 Å². The number of hydrogen-bond donors (Lipinski definition) is 1. The molecule has 2 aliphatic carbocycles. The van der Waals surface area contributed by atoms with Gasteiger partial charge in [0.25, 0.3) is 5.88 Å². The topological polar surface area (TPSA) is 73.3 Å². The first-order valence-corrected chi connectivity index (χ1v) is 12.7. The fourth-order valence-corrected chi connectivity index (χ4v) is 5.83. The Hall–Kier alpha value is -2.93. The first-order chi connectivity index (χ1) is 16.2. The van der Waals surface area contributed by atoms with E-state index in [1.807, 2.05) is 31.2 Å². The maximum Gasteiger partial charge on any atom is 0.341 e. The number of anilines is 2. The van der Waals surface area contributed by atoms with Crippen molar-refractivity contribution in [3.8, 4) is 5.88 Å². The summed E-state index contributed by atoms with van der Waals surface area (Å²) in [7, 11) is 0. The number of carbonyl (C=O) groups excluding carboxylic acids is 1. The summed E-state index contributed by atoms with van der Waals surface area (Å²) in [5.41, 5.74) is 3.34. The van der Waals surface area contributed by atoms with Crippen molar-refractivity contribution in [1.29, 1.82) is 0 Å². The predicted molar refractivity (Wildman–Crippen MR) is 132 cm³/mol. The van der Waals surface area contributed by atoms with Crippen LogP contribution < -0.4 is 10.1 Å². The highest BCUT2D eigenvalue weighted by Gasteiger charge is 2.27. The molecule has 1 aromatic carbocycles. The third kappa shape index (κ3) is 4.74. The first-order valence-electron chi connectivity index (χ1n) is 11.9.